The maximum atomic E-state index is 11.3. The van der Waals surface area contributed by atoms with Gasteiger partial charge in [-0.25, -0.2) is 4.98 Å². The van der Waals surface area contributed by atoms with Gasteiger partial charge in [-0.05, 0) is 39.0 Å². The average molecular weight is 296 g/mol. The number of hydrogen-bond acceptors (Lipinski definition) is 5. The largest absolute Gasteiger partial charge is 0.481 e. The fourth-order valence-corrected chi connectivity index (χ4v) is 4.17. The molecule has 6 heteroatoms. The first-order valence-electron chi connectivity index (χ1n) is 7.24. The van der Waals surface area contributed by atoms with Crippen molar-refractivity contribution in [3.05, 3.63) is 10.6 Å². The number of aryl methyl sites for hydroxylation is 1. The molecule has 1 aromatic heterocycles. The van der Waals surface area contributed by atoms with E-state index >= 15 is 0 Å². The molecule has 3 atom stereocenters. The van der Waals surface area contributed by atoms with E-state index in [0.29, 0.717) is 12.5 Å². The van der Waals surface area contributed by atoms with Gasteiger partial charge in [-0.1, -0.05) is 0 Å². The van der Waals surface area contributed by atoms with E-state index in [4.69, 9.17) is 4.74 Å². The molecule has 0 bridgehead atoms. The van der Waals surface area contributed by atoms with Crippen LogP contribution in [-0.2, 0) is 16.0 Å². The summed E-state index contributed by atoms with van der Waals surface area (Å²) in [5, 5.41) is 13.6. The van der Waals surface area contributed by atoms with Gasteiger partial charge in [0.1, 0.15) is 5.92 Å². The second-order valence-corrected chi connectivity index (χ2v) is 6.74. The Hall–Kier alpha value is -1.14. The molecule has 3 unspecified atom stereocenters. The van der Waals surface area contributed by atoms with Crippen LogP contribution in [-0.4, -0.2) is 34.8 Å². The van der Waals surface area contributed by atoms with Crippen molar-refractivity contribution in [2.75, 3.05) is 11.9 Å². The number of anilines is 1. The van der Waals surface area contributed by atoms with Crippen molar-refractivity contribution in [2.45, 2.75) is 57.1 Å². The van der Waals surface area contributed by atoms with Gasteiger partial charge in [0.25, 0.3) is 0 Å². The van der Waals surface area contributed by atoms with Crippen LogP contribution < -0.4 is 5.32 Å². The van der Waals surface area contributed by atoms with E-state index in [1.54, 1.807) is 11.3 Å². The summed E-state index contributed by atoms with van der Waals surface area (Å²) < 4.78 is 5.54. The zero-order valence-corrected chi connectivity index (χ0v) is 12.4. The highest BCUT2D eigenvalue weighted by atomic mass is 32.1. The zero-order valence-electron chi connectivity index (χ0n) is 11.6. The fraction of sp³-hybridized carbons (Fsp3) is 0.714. The lowest BCUT2D eigenvalue weighted by Gasteiger charge is -2.27. The monoisotopic (exact) mass is 296 g/mol. The number of thiazole rings is 1. The Labute approximate surface area is 122 Å². The van der Waals surface area contributed by atoms with Crippen LogP contribution in [0.4, 0.5) is 5.13 Å². The second-order valence-electron chi connectivity index (χ2n) is 5.66. The standard InChI is InChI=1S/C14H20N2O3S/c1-8-7-9(5-6-19-8)15-14-16-12-10(13(17)18)3-2-4-11(12)20-14/h8-10H,2-7H2,1H3,(H,15,16)(H,17,18). The third-order valence-corrected chi connectivity index (χ3v) is 5.13. The van der Waals surface area contributed by atoms with Crippen LogP contribution in [0.5, 0.6) is 0 Å². The van der Waals surface area contributed by atoms with Gasteiger partial charge in [-0.2, -0.15) is 0 Å². The maximum Gasteiger partial charge on any atom is 0.312 e. The van der Waals surface area contributed by atoms with Crippen LogP contribution in [0.2, 0.25) is 0 Å². The molecular formula is C14H20N2O3S. The van der Waals surface area contributed by atoms with Gasteiger partial charge in [0.2, 0.25) is 0 Å². The summed E-state index contributed by atoms with van der Waals surface area (Å²) in [5.74, 6) is -1.17. The third-order valence-electron chi connectivity index (χ3n) is 4.07. The van der Waals surface area contributed by atoms with E-state index < -0.39 is 11.9 Å². The summed E-state index contributed by atoms with van der Waals surface area (Å²) in [6.45, 7) is 2.86. The Balaban J connectivity index is 1.74. The Morgan fingerprint density at radius 3 is 3.10 bits per heavy atom. The van der Waals surface area contributed by atoms with Gasteiger partial charge >= 0.3 is 5.97 Å². The Bertz CT molecular complexity index is 503. The molecule has 0 radical (unpaired) electrons. The SMILES string of the molecule is CC1CC(Nc2nc3c(s2)CCCC3C(=O)O)CCO1. The molecular weight excluding hydrogens is 276 g/mol. The predicted octanol–water partition coefficient (Wildman–Crippen LogP) is 2.63. The molecule has 0 saturated carbocycles. The average Bonchev–Trinajstić information content (AvgIpc) is 2.80. The number of nitrogens with zero attached hydrogens (tertiary/aromatic N) is 1. The molecule has 0 aromatic carbocycles. The molecule has 2 N–H and O–H groups in total. The molecule has 20 heavy (non-hydrogen) atoms. The number of fused-ring (bicyclic) bond motifs is 1. The minimum Gasteiger partial charge on any atom is -0.481 e. The van der Waals surface area contributed by atoms with E-state index in [1.807, 2.05) is 0 Å². The molecule has 1 saturated heterocycles. The molecule has 110 valence electrons. The van der Waals surface area contributed by atoms with Gasteiger partial charge < -0.3 is 15.2 Å². The smallest absolute Gasteiger partial charge is 0.312 e. The van der Waals surface area contributed by atoms with Crippen molar-refractivity contribution in [1.29, 1.82) is 0 Å². The van der Waals surface area contributed by atoms with E-state index in [9.17, 15) is 9.90 Å². The first-order chi connectivity index (χ1) is 9.63. The third kappa shape index (κ3) is 2.81. The summed E-state index contributed by atoms with van der Waals surface area (Å²) in [4.78, 5) is 17.0. The number of carboxylic acid groups (broad SMARTS) is 1. The number of carbonyl (C=O) groups is 1. The van der Waals surface area contributed by atoms with Crippen molar-refractivity contribution in [2.24, 2.45) is 0 Å². The van der Waals surface area contributed by atoms with Crippen LogP contribution in [0.15, 0.2) is 0 Å². The first-order valence-corrected chi connectivity index (χ1v) is 8.05. The lowest BCUT2D eigenvalue weighted by molar-refractivity contribution is -0.139. The van der Waals surface area contributed by atoms with Crippen LogP contribution in [0.25, 0.3) is 0 Å². The fourth-order valence-electron chi connectivity index (χ4n) is 3.02. The van der Waals surface area contributed by atoms with Gasteiger partial charge in [0, 0.05) is 17.5 Å². The molecule has 1 aliphatic carbocycles. The van der Waals surface area contributed by atoms with Crippen molar-refractivity contribution < 1.29 is 14.6 Å². The lowest BCUT2D eigenvalue weighted by Crippen LogP contribution is -2.32. The molecule has 2 heterocycles. The highest BCUT2D eigenvalue weighted by Gasteiger charge is 2.30. The number of aliphatic carboxylic acids is 1. The van der Waals surface area contributed by atoms with E-state index in [0.717, 1.165) is 48.0 Å². The van der Waals surface area contributed by atoms with Crippen molar-refractivity contribution >= 4 is 22.4 Å². The van der Waals surface area contributed by atoms with E-state index in [-0.39, 0.29) is 6.10 Å². The minimum absolute atomic E-state index is 0.280. The number of ether oxygens (including phenoxy) is 1. The highest BCUT2D eigenvalue weighted by molar-refractivity contribution is 7.15. The first kappa shape index (κ1) is 13.8. The van der Waals surface area contributed by atoms with Gasteiger partial charge in [0.15, 0.2) is 5.13 Å². The molecule has 1 aliphatic heterocycles. The Morgan fingerprint density at radius 2 is 2.35 bits per heavy atom. The number of carboxylic acids is 1. The summed E-state index contributed by atoms with van der Waals surface area (Å²) >= 11 is 1.62. The van der Waals surface area contributed by atoms with Crippen LogP contribution in [0.1, 0.15) is 49.1 Å². The minimum atomic E-state index is -0.748. The molecule has 0 spiro atoms. The molecule has 0 amide bonds. The van der Waals surface area contributed by atoms with E-state index in [2.05, 4.69) is 17.2 Å². The predicted molar refractivity (Wildman–Crippen MR) is 77.5 cm³/mol. The zero-order chi connectivity index (χ0) is 14.1. The van der Waals surface area contributed by atoms with Crippen molar-refractivity contribution in [1.82, 2.24) is 4.98 Å². The summed E-state index contributed by atoms with van der Waals surface area (Å²) in [6, 6.07) is 0.384. The Kier molecular flexibility index (Phi) is 3.94. The Morgan fingerprint density at radius 1 is 1.50 bits per heavy atom. The maximum absolute atomic E-state index is 11.3. The quantitative estimate of drug-likeness (QED) is 0.897. The van der Waals surface area contributed by atoms with Gasteiger partial charge in [0.05, 0.1) is 11.8 Å². The number of rotatable bonds is 3. The topological polar surface area (TPSA) is 71.5 Å². The van der Waals surface area contributed by atoms with Crippen molar-refractivity contribution in [3.8, 4) is 0 Å². The summed E-state index contributed by atoms with van der Waals surface area (Å²) in [5.41, 5.74) is 0.788. The number of nitrogens with one attached hydrogen (secondary N) is 1. The van der Waals surface area contributed by atoms with Gasteiger partial charge in [-0.3, -0.25) is 4.79 Å². The number of aromatic nitrogens is 1. The lowest BCUT2D eigenvalue weighted by atomic mass is 9.91. The van der Waals surface area contributed by atoms with Crippen molar-refractivity contribution in [3.63, 3.8) is 0 Å². The normalized spacial score (nSPS) is 29.8. The molecule has 5 nitrogen and oxygen atoms in total. The van der Waals surface area contributed by atoms with Crippen LogP contribution in [0, 0.1) is 0 Å². The molecule has 1 fully saturated rings. The summed E-state index contributed by atoms with van der Waals surface area (Å²) in [7, 11) is 0. The number of hydrogen-bond donors (Lipinski definition) is 2. The van der Waals surface area contributed by atoms with E-state index in [1.165, 1.54) is 0 Å². The highest BCUT2D eigenvalue weighted by Crippen LogP contribution is 2.37. The second kappa shape index (κ2) is 5.69. The summed E-state index contributed by atoms with van der Waals surface area (Å²) in [6.07, 6.45) is 4.86. The van der Waals surface area contributed by atoms with Gasteiger partial charge in [-0.15, -0.1) is 11.3 Å². The molecule has 3 rings (SSSR count). The van der Waals surface area contributed by atoms with Crippen LogP contribution in [0.3, 0.4) is 0 Å². The molecule has 2 aliphatic rings. The van der Waals surface area contributed by atoms with Crippen LogP contribution >= 0.6 is 11.3 Å². The molecule has 1 aromatic rings.